The summed E-state index contributed by atoms with van der Waals surface area (Å²) in [6, 6.07) is 8.79. The molecule has 0 amide bonds. The van der Waals surface area contributed by atoms with Crippen LogP contribution in [0.15, 0.2) is 57.7 Å². The van der Waals surface area contributed by atoms with Crippen molar-refractivity contribution in [2.75, 3.05) is 13.2 Å². The monoisotopic (exact) mass is 628 g/mol. The summed E-state index contributed by atoms with van der Waals surface area (Å²) in [6.45, 7) is 1.91. The first-order chi connectivity index (χ1) is 16.9. The number of hydrogen-bond acceptors (Lipinski definition) is 6. The van der Waals surface area contributed by atoms with E-state index in [0.29, 0.717) is 12.2 Å². The van der Waals surface area contributed by atoms with Crippen LogP contribution < -0.4 is 0 Å². The molecule has 190 valence electrons. The minimum absolute atomic E-state index is 0.000000000000000222. The van der Waals surface area contributed by atoms with Gasteiger partial charge >= 0.3 is 0 Å². The smallest absolute Gasteiger partial charge is 0.158 e. The lowest BCUT2D eigenvalue weighted by Gasteiger charge is -2.22. The molecule has 1 atom stereocenters. The molecule has 2 N–H and O–H groups in total. The molecule has 0 aliphatic carbocycles. The number of benzene rings is 2. The molecule has 1 fully saturated rings. The lowest BCUT2D eigenvalue weighted by molar-refractivity contribution is -0.169. The van der Waals surface area contributed by atoms with Gasteiger partial charge in [0.25, 0.3) is 0 Å². The third-order valence-corrected chi connectivity index (χ3v) is 6.12. The van der Waals surface area contributed by atoms with Crippen molar-refractivity contribution in [1.82, 2.24) is 0 Å². The molecule has 5 nitrogen and oxygen atoms in total. The summed E-state index contributed by atoms with van der Waals surface area (Å²) in [6.07, 6.45) is 9.22. The summed E-state index contributed by atoms with van der Waals surface area (Å²) < 4.78 is 55.8. The summed E-state index contributed by atoms with van der Waals surface area (Å²) in [5, 5.41) is 8.65. The molecule has 0 bridgehead atoms. The Balaban J connectivity index is 0.000000274. The lowest BCUT2D eigenvalue weighted by Crippen LogP contribution is -2.22. The zero-order valence-corrected chi connectivity index (χ0v) is 22.6. The molecule has 1 saturated heterocycles. The first-order valence-corrected chi connectivity index (χ1v) is 12.6. The van der Waals surface area contributed by atoms with E-state index in [2.05, 4.69) is 31.9 Å². The van der Waals surface area contributed by atoms with Crippen molar-refractivity contribution < 1.29 is 32.7 Å². The zero-order chi connectivity index (χ0) is 25.9. The van der Waals surface area contributed by atoms with E-state index >= 15 is 0 Å². The van der Waals surface area contributed by atoms with Gasteiger partial charge in [0.15, 0.2) is 6.29 Å². The van der Waals surface area contributed by atoms with Gasteiger partial charge in [-0.15, -0.1) is 0 Å². The molecule has 2 aromatic rings. The van der Waals surface area contributed by atoms with Crippen LogP contribution in [0.5, 0.6) is 0 Å². The third-order valence-electron chi connectivity index (χ3n) is 4.57. The molecule has 0 radical (unpaired) electrons. The van der Waals surface area contributed by atoms with Crippen LogP contribution >= 0.6 is 44.7 Å². The number of ether oxygens (including phenoxy) is 3. The number of allylic oxidation sites excluding steroid dienone is 1. The predicted octanol–water partition coefficient (Wildman–Crippen LogP) is 7.41. The fourth-order valence-electron chi connectivity index (χ4n) is 2.83. The molecule has 0 saturated carbocycles. The number of aliphatic hydroxyl groups excluding tert-OH is 1. The highest BCUT2D eigenvalue weighted by atomic mass is 79.9. The Kier molecular flexibility index (Phi) is 16.5. The van der Waals surface area contributed by atoms with Gasteiger partial charge in [-0.25, -0.2) is 8.78 Å². The number of aliphatic hydroxyl groups is 1. The van der Waals surface area contributed by atoms with Crippen molar-refractivity contribution in [3.8, 4) is 0 Å². The Hall–Kier alpha value is -1.01. The molecule has 2 aliphatic rings. The average molecular weight is 630 g/mol. The summed E-state index contributed by atoms with van der Waals surface area (Å²) in [5.74, 6) is -0.571. The fourth-order valence-corrected chi connectivity index (χ4v) is 3.57. The topological polar surface area (TPSA) is 68.2 Å². The van der Waals surface area contributed by atoms with Crippen molar-refractivity contribution in [3.63, 3.8) is 0 Å². The van der Waals surface area contributed by atoms with Crippen LogP contribution in [0.4, 0.5) is 8.78 Å². The van der Waals surface area contributed by atoms with Gasteiger partial charge in [0.2, 0.25) is 0 Å². The third kappa shape index (κ3) is 13.2. The van der Waals surface area contributed by atoms with Gasteiger partial charge in [0.05, 0.1) is 26.1 Å². The van der Waals surface area contributed by atoms with Crippen LogP contribution in [0, 0.1) is 11.6 Å². The molecule has 1 unspecified atom stereocenters. The van der Waals surface area contributed by atoms with Crippen molar-refractivity contribution in [3.05, 3.63) is 80.4 Å². The summed E-state index contributed by atoms with van der Waals surface area (Å²) in [4.78, 5) is 0. The normalized spacial score (nSPS) is 16.9. The first kappa shape index (κ1) is 29.2. The van der Waals surface area contributed by atoms with E-state index in [1.54, 1.807) is 18.4 Å². The van der Waals surface area contributed by atoms with E-state index in [0.717, 1.165) is 47.0 Å². The van der Waals surface area contributed by atoms with Crippen LogP contribution in [0.1, 0.15) is 43.2 Å². The molecule has 0 spiro atoms. The Morgan fingerprint density at radius 2 is 1.68 bits per heavy atom. The van der Waals surface area contributed by atoms with Crippen molar-refractivity contribution in [2.24, 2.45) is 0 Å². The maximum atomic E-state index is 13.0. The van der Waals surface area contributed by atoms with Crippen LogP contribution in [0.25, 0.3) is 0 Å². The van der Waals surface area contributed by atoms with E-state index in [-0.39, 0.29) is 37.3 Å². The van der Waals surface area contributed by atoms with E-state index in [1.807, 2.05) is 6.08 Å². The van der Waals surface area contributed by atoms with E-state index < -0.39 is 0 Å². The highest BCUT2D eigenvalue weighted by molar-refractivity contribution is 9.10. The van der Waals surface area contributed by atoms with Crippen molar-refractivity contribution >= 4 is 44.7 Å². The predicted molar refractivity (Wildman–Crippen MR) is 138 cm³/mol. The van der Waals surface area contributed by atoms with E-state index in [4.69, 9.17) is 25.0 Å². The Bertz CT molecular complexity index is 866. The van der Waals surface area contributed by atoms with Crippen LogP contribution in [0.3, 0.4) is 0 Å². The van der Waals surface area contributed by atoms with Gasteiger partial charge in [0, 0.05) is 15.6 Å². The molecule has 2 aromatic carbocycles. The summed E-state index contributed by atoms with van der Waals surface area (Å²) >= 11 is 6.53. The highest BCUT2D eigenvalue weighted by Crippen LogP contribution is 2.21. The molecule has 0 aromatic heterocycles. The second kappa shape index (κ2) is 19.2. The number of rotatable bonds is 4. The van der Waals surface area contributed by atoms with Crippen molar-refractivity contribution in [2.45, 2.75) is 51.6 Å². The molecular weight excluding hydrogens is 598 g/mol. The Morgan fingerprint density at radius 1 is 1.03 bits per heavy atom. The maximum absolute atomic E-state index is 13.0. The molecule has 2 heterocycles. The number of halogens is 4. The van der Waals surface area contributed by atoms with Gasteiger partial charge in [-0.05, 0) is 98.5 Å². The maximum Gasteiger partial charge on any atom is 0.158 e. The quantitative estimate of drug-likeness (QED) is 0.243. The second-order valence-corrected chi connectivity index (χ2v) is 8.83. The fraction of sp³-hybridized carbons (Fsp3) is 0.417. The second-order valence-electron chi connectivity index (χ2n) is 7.12. The van der Waals surface area contributed by atoms with Gasteiger partial charge in [-0.1, -0.05) is 31.9 Å². The summed E-state index contributed by atoms with van der Waals surface area (Å²) in [7, 11) is 0. The molecule has 10 heteroatoms. The molecule has 4 rings (SSSR count). The average Bonchev–Trinajstić information content (AvgIpc) is 2.89. The Labute approximate surface area is 223 Å². The minimum Gasteiger partial charge on any atom is -0.502 e. The van der Waals surface area contributed by atoms with Gasteiger partial charge in [-0.3, -0.25) is 0 Å². The Morgan fingerprint density at radius 3 is 2.12 bits per heavy atom. The molecular formula is C24H30Br2F2O5S. The van der Waals surface area contributed by atoms with Crippen molar-refractivity contribution in [1.29, 1.82) is 1.12 Å². The number of thiol groups is 1. The van der Waals surface area contributed by atoms with Crippen LogP contribution in [0.2, 0.25) is 0 Å². The standard InChI is InChI=1S/C12H14BrFO2.C7H6BrFO.C5H8O.H2OS/c13-11-5-4-10(14)7-9(11)8-16-12-3-1-2-6-15-12;8-7-2-1-6(9)3-5(7)4-10;1-2-4-6-5-3-1;1-2/h4-5,7,12H,1-3,6,8H2;1-3,10H,4H2;2,4H,1,3,5H2;1-2H/i/hT. The largest absolute Gasteiger partial charge is 0.502 e. The van der Waals surface area contributed by atoms with Gasteiger partial charge in [0.1, 0.15) is 12.8 Å². The van der Waals surface area contributed by atoms with Gasteiger partial charge < -0.3 is 23.9 Å². The minimum atomic E-state index is -0.327. The highest BCUT2D eigenvalue weighted by Gasteiger charge is 2.14. The van der Waals surface area contributed by atoms with Gasteiger partial charge in [-0.2, -0.15) is 0 Å². The molecule has 2 aliphatic heterocycles. The first-order valence-electron chi connectivity index (χ1n) is 11.1. The lowest BCUT2D eigenvalue weighted by atomic mass is 10.2. The number of hydrogen-bond donors (Lipinski definition) is 3. The summed E-state index contributed by atoms with van der Waals surface area (Å²) in [5.41, 5.74) is 1.38. The molecule has 34 heavy (non-hydrogen) atoms. The SMILES string of the molecule is C1=COCCC1.Fc1ccc(Br)c(COC2CCCCO2)c1.OCc1cc(F)ccc1Br.[3H]SO. The van der Waals surface area contributed by atoms with Crippen LogP contribution in [-0.2, 0) is 27.4 Å². The van der Waals surface area contributed by atoms with Crippen LogP contribution in [-0.4, -0.2) is 30.3 Å². The zero-order valence-electron chi connectivity index (χ0n) is 19.6. The van der Waals surface area contributed by atoms with E-state index in [1.165, 1.54) is 37.1 Å². The van der Waals surface area contributed by atoms with E-state index in [9.17, 15) is 8.78 Å².